The summed E-state index contributed by atoms with van der Waals surface area (Å²) in [6.45, 7) is 0.134. The van der Waals surface area contributed by atoms with Crippen molar-refractivity contribution in [2.24, 2.45) is 0 Å². The minimum absolute atomic E-state index is 0.0881. The number of para-hydroxylation sites is 1. The number of anilines is 1. The molecule has 0 saturated heterocycles. The fourth-order valence-corrected chi connectivity index (χ4v) is 3.29. The summed E-state index contributed by atoms with van der Waals surface area (Å²) in [6.07, 6.45) is 0. The van der Waals surface area contributed by atoms with Gasteiger partial charge in [0.2, 0.25) is 0 Å². The first-order chi connectivity index (χ1) is 14.5. The Morgan fingerprint density at radius 2 is 1.40 bits per heavy atom. The van der Waals surface area contributed by atoms with E-state index in [1.165, 1.54) is 29.2 Å². The Balaban J connectivity index is 1.74. The lowest BCUT2D eigenvalue weighted by atomic mass is 10.0. The Morgan fingerprint density at radius 3 is 2.00 bits per heavy atom. The summed E-state index contributed by atoms with van der Waals surface area (Å²) in [5, 5.41) is 14.0. The number of amides is 2. The smallest absolute Gasteiger partial charge is 0.278 e. The summed E-state index contributed by atoms with van der Waals surface area (Å²) < 4.78 is 0. The highest BCUT2D eigenvalue weighted by Crippen LogP contribution is 2.32. The Kier molecular flexibility index (Phi) is 5.09. The number of nitrogens with zero attached hydrogens (tertiary/aromatic N) is 2. The minimum Gasteiger partial charge on any atom is -0.350 e. The summed E-state index contributed by atoms with van der Waals surface area (Å²) in [6, 6.07) is 23.9. The standard InChI is InChI=1S/C23H17N3O4/c27-22-20(17-11-13-19(14-12-17)26(29)30)21(24-18-9-5-2-6-10-18)23(28)25(22)15-16-7-3-1-4-8-16/h1-14,24H,15H2. The zero-order valence-electron chi connectivity index (χ0n) is 15.8. The largest absolute Gasteiger partial charge is 0.350 e. The Morgan fingerprint density at radius 1 is 0.800 bits per heavy atom. The van der Waals surface area contributed by atoms with Crippen molar-refractivity contribution >= 4 is 28.8 Å². The molecule has 7 nitrogen and oxygen atoms in total. The molecule has 0 radical (unpaired) electrons. The van der Waals surface area contributed by atoms with Gasteiger partial charge < -0.3 is 5.32 Å². The Labute approximate surface area is 172 Å². The number of non-ortho nitro benzene ring substituents is 1. The second-order valence-corrected chi connectivity index (χ2v) is 6.73. The predicted molar refractivity (Wildman–Crippen MR) is 112 cm³/mol. The van der Waals surface area contributed by atoms with E-state index in [1.54, 1.807) is 12.1 Å². The quantitative estimate of drug-likeness (QED) is 0.384. The number of carbonyl (C=O) groups excluding carboxylic acids is 2. The Bertz CT molecular complexity index is 1140. The van der Waals surface area contributed by atoms with E-state index < -0.39 is 16.7 Å². The molecule has 0 bridgehead atoms. The van der Waals surface area contributed by atoms with E-state index >= 15 is 0 Å². The lowest BCUT2D eigenvalue weighted by Gasteiger charge is -2.15. The van der Waals surface area contributed by atoms with Gasteiger partial charge in [-0.05, 0) is 35.4 Å². The molecule has 148 valence electrons. The molecule has 1 aliphatic rings. The lowest BCUT2D eigenvalue weighted by Crippen LogP contribution is -2.31. The van der Waals surface area contributed by atoms with E-state index in [-0.39, 0.29) is 23.5 Å². The third-order valence-corrected chi connectivity index (χ3v) is 4.76. The molecule has 0 spiro atoms. The SMILES string of the molecule is O=C1C(Nc2ccccc2)=C(c2ccc([N+](=O)[O-])cc2)C(=O)N1Cc1ccccc1. The summed E-state index contributed by atoms with van der Waals surface area (Å²) in [5.74, 6) is -0.891. The van der Waals surface area contributed by atoms with Gasteiger partial charge in [-0.25, -0.2) is 0 Å². The van der Waals surface area contributed by atoms with Gasteiger partial charge in [-0.2, -0.15) is 0 Å². The molecule has 0 atom stereocenters. The van der Waals surface area contributed by atoms with Crippen molar-refractivity contribution in [1.82, 2.24) is 4.90 Å². The highest BCUT2D eigenvalue weighted by molar-refractivity contribution is 6.36. The van der Waals surface area contributed by atoms with Crippen LogP contribution < -0.4 is 5.32 Å². The van der Waals surface area contributed by atoms with Crippen molar-refractivity contribution in [3.8, 4) is 0 Å². The van der Waals surface area contributed by atoms with Gasteiger partial charge in [-0.3, -0.25) is 24.6 Å². The van der Waals surface area contributed by atoms with Gasteiger partial charge in [-0.1, -0.05) is 48.5 Å². The van der Waals surface area contributed by atoms with E-state index in [2.05, 4.69) is 5.32 Å². The highest BCUT2D eigenvalue weighted by atomic mass is 16.6. The van der Waals surface area contributed by atoms with E-state index in [0.29, 0.717) is 11.3 Å². The van der Waals surface area contributed by atoms with Crippen LogP contribution in [0.15, 0.2) is 90.6 Å². The molecule has 30 heavy (non-hydrogen) atoms. The second kappa shape index (κ2) is 8.00. The first-order valence-electron chi connectivity index (χ1n) is 9.26. The third-order valence-electron chi connectivity index (χ3n) is 4.76. The second-order valence-electron chi connectivity index (χ2n) is 6.73. The number of rotatable bonds is 6. The zero-order valence-corrected chi connectivity index (χ0v) is 15.8. The van der Waals surface area contributed by atoms with E-state index in [9.17, 15) is 19.7 Å². The Hall–Kier alpha value is -4.26. The average Bonchev–Trinajstić information content (AvgIpc) is 2.99. The van der Waals surface area contributed by atoms with Gasteiger partial charge in [0.05, 0.1) is 17.0 Å². The average molecular weight is 399 g/mol. The van der Waals surface area contributed by atoms with Crippen molar-refractivity contribution < 1.29 is 14.5 Å². The lowest BCUT2D eigenvalue weighted by molar-refractivity contribution is -0.384. The summed E-state index contributed by atoms with van der Waals surface area (Å²) in [4.78, 5) is 38.0. The molecule has 0 saturated carbocycles. The predicted octanol–water partition coefficient (Wildman–Crippen LogP) is 3.99. The van der Waals surface area contributed by atoms with Crippen LogP contribution >= 0.6 is 0 Å². The van der Waals surface area contributed by atoms with Crippen molar-refractivity contribution in [3.05, 3.63) is 112 Å². The maximum absolute atomic E-state index is 13.2. The van der Waals surface area contributed by atoms with Crippen LogP contribution in [0.1, 0.15) is 11.1 Å². The van der Waals surface area contributed by atoms with Crippen molar-refractivity contribution in [2.75, 3.05) is 5.32 Å². The van der Waals surface area contributed by atoms with Crippen molar-refractivity contribution in [2.45, 2.75) is 6.54 Å². The normalized spacial score (nSPS) is 13.7. The maximum Gasteiger partial charge on any atom is 0.278 e. The zero-order chi connectivity index (χ0) is 21.1. The van der Waals surface area contributed by atoms with Crippen molar-refractivity contribution in [3.63, 3.8) is 0 Å². The van der Waals surface area contributed by atoms with Gasteiger partial charge in [0.1, 0.15) is 5.70 Å². The van der Waals surface area contributed by atoms with Crippen LogP contribution in [0.25, 0.3) is 5.57 Å². The first-order valence-corrected chi connectivity index (χ1v) is 9.26. The number of nitro groups is 1. The number of hydrogen-bond donors (Lipinski definition) is 1. The molecule has 3 aromatic rings. The molecule has 3 aromatic carbocycles. The van der Waals surface area contributed by atoms with Gasteiger partial charge in [0.15, 0.2) is 0 Å². The van der Waals surface area contributed by atoms with Crippen LogP contribution in [0.2, 0.25) is 0 Å². The van der Waals surface area contributed by atoms with E-state index in [0.717, 1.165) is 5.56 Å². The fourth-order valence-electron chi connectivity index (χ4n) is 3.29. The molecule has 2 amide bonds. The summed E-state index contributed by atoms with van der Waals surface area (Å²) >= 11 is 0. The van der Waals surface area contributed by atoms with Crippen LogP contribution in [0.5, 0.6) is 0 Å². The molecular weight excluding hydrogens is 382 g/mol. The van der Waals surface area contributed by atoms with Crippen LogP contribution in [-0.2, 0) is 16.1 Å². The monoisotopic (exact) mass is 399 g/mol. The first kappa shape index (κ1) is 19.1. The molecule has 0 unspecified atom stereocenters. The molecule has 0 fully saturated rings. The molecule has 1 N–H and O–H groups in total. The topological polar surface area (TPSA) is 92.5 Å². The van der Waals surface area contributed by atoms with Gasteiger partial charge in [0.25, 0.3) is 17.5 Å². The van der Waals surface area contributed by atoms with Crippen LogP contribution in [0.3, 0.4) is 0 Å². The number of benzene rings is 3. The number of hydrogen-bond acceptors (Lipinski definition) is 5. The number of imide groups is 1. The molecule has 1 aliphatic heterocycles. The van der Waals surface area contributed by atoms with E-state index in [4.69, 9.17) is 0 Å². The third kappa shape index (κ3) is 3.68. The molecule has 4 rings (SSSR count). The molecular formula is C23H17N3O4. The van der Waals surface area contributed by atoms with Gasteiger partial charge in [-0.15, -0.1) is 0 Å². The van der Waals surface area contributed by atoms with Crippen LogP contribution in [-0.4, -0.2) is 21.6 Å². The molecule has 0 aromatic heterocycles. The van der Waals surface area contributed by atoms with Gasteiger partial charge >= 0.3 is 0 Å². The summed E-state index contributed by atoms with van der Waals surface area (Å²) in [7, 11) is 0. The fraction of sp³-hybridized carbons (Fsp3) is 0.0435. The van der Waals surface area contributed by atoms with Gasteiger partial charge in [0, 0.05) is 17.8 Å². The number of nitro benzene ring substituents is 1. The molecule has 0 aliphatic carbocycles. The van der Waals surface area contributed by atoms with Crippen LogP contribution in [0.4, 0.5) is 11.4 Å². The molecule has 1 heterocycles. The highest BCUT2D eigenvalue weighted by Gasteiger charge is 2.39. The minimum atomic E-state index is -0.509. The molecule has 7 heteroatoms. The summed E-state index contributed by atoms with van der Waals surface area (Å²) in [5.41, 5.74) is 2.17. The van der Waals surface area contributed by atoms with E-state index in [1.807, 2.05) is 48.5 Å². The number of carbonyl (C=O) groups is 2. The number of nitrogens with one attached hydrogen (secondary N) is 1. The van der Waals surface area contributed by atoms with Crippen LogP contribution in [0, 0.1) is 10.1 Å². The van der Waals surface area contributed by atoms with Crippen molar-refractivity contribution in [1.29, 1.82) is 0 Å². The maximum atomic E-state index is 13.2.